The maximum Gasteiger partial charge on any atom is 0.239 e. The van der Waals surface area contributed by atoms with E-state index >= 15 is 0 Å². The first-order valence-corrected chi connectivity index (χ1v) is 8.05. The number of piperazine rings is 1. The molecule has 1 saturated heterocycles. The molecule has 0 aromatic heterocycles. The topological polar surface area (TPSA) is 58.8 Å². The van der Waals surface area contributed by atoms with Crippen molar-refractivity contribution in [3.8, 4) is 5.75 Å². The Kier molecular flexibility index (Phi) is 5.66. The molecule has 1 atom stereocenters. The highest BCUT2D eigenvalue weighted by molar-refractivity contribution is 5.82. The molecule has 1 fully saturated rings. The number of carbonyl (C=O) groups excluding carboxylic acids is 1. The predicted octanol–water partition coefficient (Wildman–Crippen LogP) is 1.72. The molecule has 0 spiro atoms. The molecule has 1 aromatic rings. The molecular formula is C17H27N3O2. The van der Waals surface area contributed by atoms with Crippen LogP contribution in [0.2, 0.25) is 0 Å². The van der Waals surface area contributed by atoms with Crippen molar-refractivity contribution in [3.05, 3.63) is 24.3 Å². The lowest BCUT2D eigenvalue weighted by atomic mass is 10.0. The van der Waals surface area contributed by atoms with Gasteiger partial charge in [0.15, 0.2) is 0 Å². The van der Waals surface area contributed by atoms with E-state index in [-0.39, 0.29) is 11.8 Å². The molecule has 5 heteroatoms. The molecule has 122 valence electrons. The number of nitrogens with zero attached hydrogens (tertiary/aromatic N) is 2. The number of hydrogen-bond acceptors (Lipinski definition) is 4. The summed E-state index contributed by atoms with van der Waals surface area (Å²) in [6.07, 6.45) is 0. The van der Waals surface area contributed by atoms with E-state index in [0.29, 0.717) is 19.7 Å². The number of anilines is 1. The molecule has 1 aliphatic rings. The van der Waals surface area contributed by atoms with Crippen molar-refractivity contribution in [2.75, 3.05) is 37.7 Å². The van der Waals surface area contributed by atoms with Crippen molar-refractivity contribution in [2.45, 2.75) is 26.8 Å². The zero-order valence-electron chi connectivity index (χ0n) is 13.8. The van der Waals surface area contributed by atoms with E-state index in [1.54, 1.807) is 0 Å². The van der Waals surface area contributed by atoms with Crippen LogP contribution < -0.4 is 15.4 Å². The van der Waals surface area contributed by atoms with E-state index in [9.17, 15) is 4.79 Å². The fourth-order valence-electron chi connectivity index (χ4n) is 2.66. The molecule has 22 heavy (non-hydrogen) atoms. The fourth-order valence-corrected chi connectivity index (χ4v) is 2.66. The van der Waals surface area contributed by atoms with Gasteiger partial charge in [-0.2, -0.15) is 0 Å². The van der Waals surface area contributed by atoms with Gasteiger partial charge in [-0.1, -0.05) is 26.0 Å². The number of benzene rings is 1. The molecule has 5 nitrogen and oxygen atoms in total. The van der Waals surface area contributed by atoms with Gasteiger partial charge < -0.3 is 20.3 Å². The van der Waals surface area contributed by atoms with Gasteiger partial charge in [-0.3, -0.25) is 4.79 Å². The lowest BCUT2D eigenvalue weighted by Crippen LogP contribution is -2.54. The maximum absolute atomic E-state index is 12.3. The third-order valence-electron chi connectivity index (χ3n) is 4.10. The summed E-state index contributed by atoms with van der Waals surface area (Å²) in [6.45, 7) is 9.63. The number of carbonyl (C=O) groups is 1. The average molecular weight is 305 g/mol. The summed E-state index contributed by atoms with van der Waals surface area (Å²) < 4.78 is 5.69. The number of hydrogen-bond donors (Lipinski definition) is 1. The first-order chi connectivity index (χ1) is 10.5. The second-order valence-electron chi connectivity index (χ2n) is 5.98. The molecule has 2 rings (SSSR count). The summed E-state index contributed by atoms with van der Waals surface area (Å²) >= 11 is 0. The zero-order chi connectivity index (χ0) is 16.1. The third kappa shape index (κ3) is 3.71. The largest absolute Gasteiger partial charge is 0.492 e. The Balaban J connectivity index is 1.99. The molecule has 1 heterocycles. The van der Waals surface area contributed by atoms with Crippen LogP contribution in [-0.4, -0.2) is 49.6 Å². The Labute approximate surface area is 133 Å². The highest BCUT2D eigenvalue weighted by atomic mass is 16.5. The number of amides is 1. The van der Waals surface area contributed by atoms with Crippen LogP contribution >= 0.6 is 0 Å². The molecule has 0 radical (unpaired) electrons. The fraction of sp³-hybridized carbons (Fsp3) is 0.588. The number of rotatable bonds is 5. The lowest BCUT2D eigenvalue weighted by molar-refractivity contribution is -0.133. The minimum Gasteiger partial charge on any atom is -0.492 e. The van der Waals surface area contributed by atoms with Crippen molar-refractivity contribution < 1.29 is 9.53 Å². The molecule has 1 aliphatic heterocycles. The smallest absolute Gasteiger partial charge is 0.239 e. The van der Waals surface area contributed by atoms with Crippen LogP contribution in [0.25, 0.3) is 0 Å². The van der Waals surface area contributed by atoms with Crippen LogP contribution in [0.1, 0.15) is 20.8 Å². The van der Waals surface area contributed by atoms with Gasteiger partial charge >= 0.3 is 0 Å². The highest BCUT2D eigenvalue weighted by Crippen LogP contribution is 2.28. The maximum atomic E-state index is 12.3. The standard InChI is InChI=1S/C17H27N3O2/c1-4-22-15-8-6-5-7-14(15)19-9-11-20(12-10-19)17(21)16(18)13(2)3/h5-8,13,16H,4,9-12,18H2,1-3H3. The van der Waals surface area contributed by atoms with Gasteiger partial charge in [0.2, 0.25) is 5.91 Å². The second-order valence-corrected chi connectivity index (χ2v) is 5.98. The third-order valence-corrected chi connectivity index (χ3v) is 4.10. The first-order valence-electron chi connectivity index (χ1n) is 8.05. The summed E-state index contributed by atoms with van der Waals surface area (Å²) in [5, 5.41) is 0. The Morgan fingerprint density at radius 3 is 2.45 bits per heavy atom. The van der Waals surface area contributed by atoms with Gasteiger partial charge in [0.1, 0.15) is 5.75 Å². The van der Waals surface area contributed by atoms with E-state index in [1.165, 1.54) is 0 Å². The highest BCUT2D eigenvalue weighted by Gasteiger charge is 2.27. The van der Waals surface area contributed by atoms with Crippen LogP contribution in [0.4, 0.5) is 5.69 Å². The SMILES string of the molecule is CCOc1ccccc1N1CCN(C(=O)C(N)C(C)C)CC1. The van der Waals surface area contributed by atoms with Gasteiger partial charge in [-0.05, 0) is 25.0 Å². The van der Waals surface area contributed by atoms with E-state index in [4.69, 9.17) is 10.5 Å². The predicted molar refractivity (Wildman–Crippen MR) is 89.2 cm³/mol. The minimum atomic E-state index is -0.401. The van der Waals surface area contributed by atoms with E-state index in [2.05, 4.69) is 11.0 Å². The van der Waals surface area contributed by atoms with Crippen molar-refractivity contribution in [3.63, 3.8) is 0 Å². The zero-order valence-corrected chi connectivity index (χ0v) is 13.8. The van der Waals surface area contributed by atoms with Crippen molar-refractivity contribution in [1.29, 1.82) is 0 Å². The molecule has 0 bridgehead atoms. The van der Waals surface area contributed by atoms with Crippen LogP contribution in [-0.2, 0) is 4.79 Å². The summed E-state index contributed by atoms with van der Waals surface area (Å²) in [4.78, 5) is 16.5. The van der Waals surface area contributed by atoms with Crippen LogP contribution in [0.15, 0.2) is 24.3 Å². The van der Waals surface area contributed by atoms with Crippen molar-refractivity contribution in [1.82, 2.24) is 4.90 Å². The van der Waals surface area contributed by atoms with Crippen LogP contribution in [0, 0.1) is 5.92 Å². The number of ether oxygens (including phenoxy) is 1. The van der Waals surface area contributed by atoms with Crippen LogP contribution in [0.3, 0.4) is 0 Å². The van der Waals surface area contributed by atoms with Crippen LogP contribution in [0.5, 0.6) is 5.75 Å². The summed E-state index contributed by atoms with van der Waals surface area (Å²) in [7, 11) is 0. The lowest BCUT2D eigenvalue weighted by Gasteiger charge is -2.38. The molecule has 0 aliphatic carbocycles. The Morgan fingerprint density at radius 2 is 1.86 bits per heavy atom. The number of nitrogens with two attached hydrogens (primary N) is 1. The Bertz CT molecular complexity index is 496. The summed E-state index contributed by atoms with van der Waals surface area (Å²) in [5.74, 6) is 1.14. The van der Waals surface area contributed by atoms with E-state index < -0.39 is 6.04 Å². The molecule has 1 amide bonds. The van der Waals surface area contributed by atoms with Gasteiger partial charge in [0.05, 0.1) is 18.3 Å². The second kappa shape index (κ2) is 7.49. The van der Waals surface area contributed by atoms with Gasteiger partial charge in [0.25, 0.3) is 0 Å². The van der Waals surface area contributed by atoms with Gasteiger partial charge in [-0.25, -0.2) is 0 Å². The molecular weight excluding hydrogens is 278 g/mol. The Hall–Kier alpha value is -1.75. The quantitative estimate of drug-likeness (QED) is 0.900. The first kappa shape index (κ1) is 16.6. The average Bonchev–Trinajstić information content (AvgIpc) is 2.54. The monoisotopic (exact) mass is 305 g/mol. The van der Waals surface area contributed by atoms with Crippen molar-refractivity contribution in [2.24, 2.45) is 11.7 Å². The summed E-state index contributed by atoms with van der Waals surface area (Å²) in [6, 6.07) is 7.66. The van der Waals surface area contributed by atoms with Gasteiger partial charge in [-0.15, -0.1) is 0 Å². The molecule has 1 unspecified atom stereocenters. The number of para-hydroxylation sites is 2. The van der Waals surface area contributed by atoms with E-state index in [0.717, 1.165) is 24.5 Å². The Morgan fingerprint density at radius 1 is 1.23 bits per heavy atom. The minimum absolute atomic E-state index is 0.0627. The molecule has 2 N–H and O–H groups in total. The molecule has 0 saturated carbocycles. The van der Waals surface area contributed by atoms with E-state index in [1.807, 2.05) is 43.9 Å². The molecule has 1 aromatic carbocycles. The van der Waals surface area contributed by atoms with Crippen molar-refractivity contribution >= 4 is 11.6 Å². The van der Waals surface area contributed by atoms with Gasteiger partial charge in [0, 0.05) is 26.2 Å². The summed E-state index contributed by atoms with van der Waals surface area (Å²) in [5.41, 5.74) is 7.08. The normalized spacial score (nSPS) is 16.8.